The fourth-order valence-electron chi connectivity index (χ4n) is 5.07. The van der Waals surface area contributed by atoms with E-state index in [-0.39, 0.29) is 5.43 Å². The van der Waals surface area contributed by atoms with E-state index in [0.717, 1.165) is 70.5 Å². The summed E-state index contributed by atoms with van der Waals surface area (Å²) in [5.74, 6) is 2.83. The second-order valence-corrected chi connectivity index (χ2v) is 9.44. The summed E-state index contributed by atoms with van der Waals surface area (Å²) in [7, 11) is 3.34. The summed E-state index contributed by atoms with van der Waals surface area (Å²) in [5.41, 5.74) is 1.12. The lowest BCUT2D eigenvalue weighted by atomic mass is 10.1. The van der Waals surface area contributed by atoms with Gasteiger partial charge in [-0.15, -0.1) is 11.3 Å². The fourth-order valence-corrected chi connectivity index (χ4v) is 6.25. The number of ether oxygens (including phenoxy) is 2. The first kappa shape index (κ1) is 20.3. The van der Waals surface area contributed by atoms with Crippen molar-refractivity contribution < 1.29 is 14.0 Å². The maximum atomic E-state index is 13.4. The highest BCUT2D eigenvalue weighted by Gasteiger charge is 2.31. The first-order valence-electron chi connectivity index (χ1n) is 11.2. The van der Waals surface area contributed by atoms with E-state index in [1.54, 1.807) is 25.6 Å². The lowest BCUT2D eigenvalue weighted by Crippen LogP contribution is -2.43. The minimum absolute atomic E-state index is 0.0638. The molecule has 0 N–H and O–H groups in total. The summed E-state index contributed by atoms with van der Waals surface area (Å²) >= 11 is 1.68. The van der Waals surface area contributed by atoms with Crippen LogP contribution in [0.15, 0.2) is 35.1 Å². The van der Waals surface area contributed by atoms with Crippen LogP contribution in [0.4, 0.5) is 0 Å². The van der Waals surface area contributed by atoms with E-state index in [0.29, 0.717) is 5.75 Å². The Bertz CT molecular complexity index is 1230. The molecule has 1 aromatic heterocycles. The fraction of sp³-hybridized carbons (Fsp3) is 0.440. The van der Waals surface area contributed by atoms with Crippen LogP contribution < -0.4 is 14.9 Å². The van der Waals surface area contributed by atoms with Crippen molar-refractivity contribution in [2.45, 2.75) is 38.6 Å². The smallest absolute Gasteiger partial charge is 0.247 e. The molecular formula is C25H29N2O3S+. The average Bonchev–Trinajstić information content (AvgIpc) is 3.05. The molecule has 3 heterocycles. The van der Waals surface area contributed by atoms with Crippen LogP contribution in [-0.2, 0) is 6.54 Å². The summed E-state index contributed by atoms with van der Waals surface area (Å²) in [5, 5.41) is 1.48. The van der Waals surface area contributed by atoms with E-state index >= 15 is 0 Å². The first-order valence-corrected chi connectivity index (χ1v) is 12.0. The van der Waals surface area contributed by atoms with Gasteiger partial charge in [0.1, 0.15) is 6.54 Å². The summed E-state index contributed by atoms with van der Waals surface area (Å²) in [6, 6.07) is 9.71. The van der Waals surface area contributed by atoms with Crippen molar-refractivity contribution in [3.05, 3.63) is 46.1 Å². The van der Waals surface area contributed by atoms with Crippen LogP contribution in [0.25, 0.3) is 20.2 Å². The zero-order valence-corrected chi connectivity index (χ0v) is 19.1. The van der Waals surface area contributed by atoms with Crippen molar-refractivity contribution in [1.82, 2.24) is 4.90 Å². The number of hydrogen-bond acceptors (Lipinski definition) is 5. The minimum Gasteiger partial charge on any atom is -0.493 e. The Labute approximate surface area is 186 Å². The van der Waals surface area contributed by atoms with Gasteiger partial charge in [-0.2, -0.15) is 0 Å². The zero-order chi connectivity index (χ0) is 21.4. The van der Waals surface area contributed by atoms with E-state index in [1.165, 1.54) is 25.1 Å². The van der Waals surface area contributed by atoms with E-state index in [4.69, 9.17) is 9.47 Å². The molecule has 2 aliphatic rings. The van der Waals surface area contributed by atoms with Gasteiger partial charge in [-0.3, -0.25) is 14.3 Å². The van der Waals surface area contributed by atoms with Crippen LogP contribution in [0, 0.1) is 0 Å². The van der Waals surface area contributed by atoms with E-state index in [2.05, 4.69) is 9.48 Å². The molecule has 2 aromatic carbocycles. The molecule has 5 nitrogen and oxygen atoms in total. The van der Waals surface area contributed by atoms with Crippen molar-refractivity contribution in [3.8, 4) is 11.5 Å². The molecule has 31 heavy (non-hydrogen) atoms. The number of fused-ring (bicyclic) bond motifs is 2. The lowest BCUT2D eigenvalue weighted by Gasteiger charge is -2.27. The van der Waals surface area contributed by atoms with E-state index in [1.807, 2.05) is 30.3 Å². The van der Waals surface area contributed by atoms with Gasteiger partial charge in [0.15, 0.2) is 16.9 Å². The van der Waals surface area contributed by atoms with Gasteiger partial charge in [0.25, 0.3) is 0 Å². The predicted molar refractivity (Wildman–Crippen MR) is 127 cm³/mol. The van der Waals surface area contributed by atoms with Crippen LogP contribution in [0.5, 0.6) is 11.5 Å². The molecule has 0 saturated heterocycles. The van der Waals surface area contributed by atoms with Crippen LogP contribution in [0.1, 0.15) is 37.7 Å². The van der Waals surface area contributed by atoms with Crippen LogP contribution in [-0.4, -0.2) is 49.2 Å². The Hall–Kier alpha value is -2.60. The van der Waals surface area contributed by atoms with Gasteiger partial charge in [-0.25, -0.2) is 0 Å². The van der Waals surface area contributed by atoms with Crippen molar-refractivity contribution in [2.24, 2.45) is 0 Å². The maximum absolute atomic E-state index is 13.4. The van der Waals surface area contributed by atoms with Crippen molar-refractivity contribution >= 4 is 37.3 Å². The van der Waals surface area contributed by atoms with Crippen molar-refractivity contribution in [3.63, 3.8) is 0 Å². The number of rotatable bonds is 4. The highest BCUT2D eigenvalue weighted by Crippen LogP contribution is 2.40. The second-order valence-electron chi connectivity index (χ2n) is 8.38. The molecule has 2 aliphatic heterocycles. The number of amidine groups is 1. The Balaban J connectivity index is 1.72. The molecule has 0 saturated carbocycles. The highest BCUT2D eigenvalue weighted by atomic mass is 32.1. The molecule has 0 aliphatic carbocycles. The maximum Gasteiger partial charge on any atom is 0.247 e. The molecule has 5 rings (SSSR count). The average molecular weight is 438 g/mol. The van der Waals surface area contributed by atoms with Gasteiger partial charge in [-0.05, 0) is 37.5 Å². The summed E-state index contributed by atoms with van der Waals surface area (Å²) < 4.78 is 16.1. The van der Waals surface area contributed by atoms with Gasteiger partial charge >= 0.3 is 0 Å². The molecule has 162 valence electrons. The predicted octanol–water partition coefficient (Wildman–Crippen LogP) is 4.62. The molecule has 0 amide bonds. The third-order valence-corrected chi connectivity index (χ3v) is 7.81. The monoisotopic (exact) mass is 437 g/mol. The van der Waals surface area contributed by atoms with E-state index < -0.39 is 0 Å². The van der Waals surface area contributed by atoms with Gasteiger partial charge < -0.3 is 9.47 Å². The Morgan fingerprint density at radius 1 is 1.03 bits per heavy atom. The number of benzene rings is 2. The minimum atomic E-state index is 0.0638. The van der Waals surface area contributed by atoms with Gasteiger partial charge in [0, 0.05) is 33.0 Å². The molecule has 6 heteroatoms. The molecule has 0 radical (unpaired) electrons. The summed E-state index contributed by atoms with van der Waals surface area (Å²) in [4.78, 5) is 15.9. The first-order chi connectivity index (χ1) is 15.2. The number of hydrogen-bond donors (Lipinski definition) is 0. The van der Waals surface area contributed by atoms with E-state index in [9.17, 15) is 4.79 Å². The Morgan fingerprint density at radius 2 is 1.87 bits per heavy atom. The molecular weight excluding hydrogens is 408 g/mol. The Kier molecular flexibility index (Phi) is 5.57. The van der Waals surface area contributed by atoms with Gasteiger partial charge in [0.2, 0.25) is 5.84 Å². The second kappa shape index (κ2) is 8.50. The molecule has 0 fully saturated rings. The van der Waals surface area contributed by atoms with Crippen LogP contribution >= 0.6 is 11.3 Å². The SMILES string of the molecule is COc1cc2c(=O)c3ccccc3sc2c(CN2CCC[N+]3=C2CCCCC3)c1OC. The molecule has 3 aromatic rings. The van der Waals surface area contributed by atoms with Crippen LogP contribution in [0.2, 0.25) is 0 Å². The normalized spacial score (nSPS) is 17.0. The van der Waals surface area contributed by atoms with Crippen molar-refractivity contribution in [1.29, 1.82) is 0 Å². The van der Waals surface area contributed by atoms with Crippen molar-refractivity contribution in [2.75, 3.05) is 33.9 Å². The topological polar surface area (TPSA) is 41.8 Å². The molecule has 0 unspecified atom stereocenters. The number of methoxy groups -OCH3 is 2. The summed E-state index contributed by atoms with van der Waals surface area (Å²) in [6.45, 7) is 4.08. The molecule has 0 spiro atoms. The molecule has 0 atom stereocenters. The third kappa shape index (κ3) is 3.57. The quantitative estimate of drug-likeness (QED) is 0.441. The lowest BCUT2D eigenvalue weighted by molar-refractivity contribution is -0.539. The van der Waals surface area contributed by atoms with Crippen LogP contribution in [0.3, 0.4) is 0 Å². The Morgan fingerprint density at radius 3 is 2.71 bits per heavy atom. The highest BCUT2D eigenvalue weighted by molar-refractivity contribution is 7.24. The third-order valence-electron chi connectivity index (χ3n) is 6.57. The number of nitrogens with zero attached hydrogens (tertiary/aromatic N) is 2. The van der Waals surface area contributed by atoms with Gasteiger partial charge in [0.05, 0.1) is 39.4 Å². The van der Waals surface area contributed by atoms with Gasteiger partial charge in [-0.1, -0.05) is 12.1 Å². The largest absolute Gasteiger partial charge is 0.493 e. The zero-order valence-electron chi connectivity index (χ0n) is 18.3. The standard InChI is InChI=1S/C25H29N2O3S/c1-29-20-15-18-23(28)17-9-5-6-10-21(17)31-25(18)19(24(20)30-2)16-27-14-8-13-26-12-7-3-4-11-22(26)27/h5-6,9-10,15H,3-4,7-8,11-14,16H2,1-2H3/q+1. The summed E-state index contributed by atoms with van der Waals surface area (Å²) in [6.07, 6.45) is 6.11. The molecule has 0 bridgehead atoms.